The molecular weight excluding hydrogens is 338 g/mol. The van der Waals surface area contributed by atoms with E-state index in [4.69, 9.17) is 4.74 Å². The zero-order valence-corrected chi connectivity index (χ0v) is 14.2. The van der Waals surface area contributed by atoms with E-state index in [-0.39, 0.29) is 18.4 Å². The number of amides is 2. The van der Waals surface area contributed by atoms with Gasteiger partial charge >= 0.3 is 0 Å². The van der Waals surface area contributed by atoms with Crippen LogP contribution in [-0.2, 0) is 9.59 Å². The second-order valence-electron chi connectivity index (χ2n) is 5.68. The Bertz CT molecular complexity index is 936. The van der Waals surface area contributed by atoms with Crippen molar-refractivity contribution in [2.75, 3.05) is 16.8 Å². The molecule has 0 aliphatic carbocycles. The van der Waals surface area contributed by atoms with Gasteiger partial charge in [0.1, 0.15) is 5.75 Å². The van der Waals surface area contributed by atoms with Crippen LogP contribution in [0.15, 0.2) is 48.5 Å². The Morgan fingerprint density at radius 3 is 2.76 bits per heavy atom. The lowest BCUT2D eigenvalue weighted by Crippen LogP contribution is -2.48. The molecule has 1 aliphatic heterocycles. The molecule has 1 aliphatic rings. The van der Waals surface area contributed by atoms with Crippen molar-refractivity contribution in [3.63, 3.8) is 0 Å². The van der Waals surface area contributed by atoms with Gasteiger partial charge in [0.15, 0.2) is 11.2 Å². The lowest BCUT2D eigenvalue weighted by atomic mass is 10.2. The number of carbonyl (C=O) groups is 2. The predicted octanol–water partition coefficient (Wildman–Crippen LogP) is 3.05. The molecule has 0 unspecified atom stereocenters. The number of aromatic nitrogens is 1. The number of rotatable bonds is 2. The van der Waals surface area contributed by atoms with Crippen molar-refractivity contribution in [2.45, 2.75) is 13.0 Å². The molecule has 2 aromatic carbocycles. The van der Waals surface area contributed by atoms with Gasteiger partial charge in [0.25, 0.3) is 5.91 Å². The molecule has 7 heteroatoms. The average molecular weight is 353 g/mol. The van der Waals surface area contributed by atoms with Gasteiger partial charge in [-0.05, 0) is 24.3 Å². The average Bonchev–Trinajstić information content (AvgIpc) is 3.02. The van der Waals surface area contributed by atoms with Crippen LogP contribution in [0.4, 0.5) is 10.8 Å². The molecule has 6 nitrogen and oxygen atoms in total. The molecule has 0 radical (unpaired) electrons. The zero-order valence-electron chi connectivity index (χ0n) is 13.4. The largest absolute Gasteiger partial charge is 0.476 e. The number of benzene rings is 2. The van der Waals surface area contributed by atoms with E-state index >= 15 is 0 Å². The van der Waals surface area contributed by atoms with Crippen molar-refractivity contribution >= 4 is 44.2 Å². The zero-order chi connectivity index (χ0) is 17.4. The highest BCUT2D eigenvalue weighted by molar-refractivity contribution is 7.22. The summed E-state index contributed by atoms with van der Waals surface area (Å²) in [5, 5.41) is 3.31. The topological polar surface area (TPSA) is 71.5 Å². The lowest BCUT2D eigenvalue weighted by molar-refractivity contribution is -0.123. The molecule has 1 aromatic heterocycles. The van der Waals surface area contributed by atoms with Crippen LogP contribution in [0.25, 0.3) is 10.2 Å². The Kier molecular flexibility index (Phi) is 3.85. The summed E-state index contributed by atoms with van der Waals surface area (Å²) in [4.78, 5) is 30.5. The van der Waals surface area contributed by atoms with E-state index in [1.165, 1.54) is 18.3 Å². The van der Waals surface area contributed by atoms with E-state index in [0.717, 1.165) is 10.2 Å². The first-order valence-corrected chi connectivity index (χ1v) is 8.64. The number of carbonyl (C=O) groups excluding carboxylic acids is 2. The normalized spacial score (nSPS) is 16.2. The summed E-state index contributed by atoms with van der Waals surface area (Å²) in [7, 11) is 0. The maximum absolute atomic E-state index is 12.6. The summed E-state index contributed by atoms with van der Waals surface area (Å²) in [6, 6.07) is 14.9. The SMILES string of the molecule is CC(=O)N1C[C@H](C(=O)Nc2nc3ccccc3s2)Oc2ccccc21. The Morgan fingerprint density at radius 2 is 1.96 bits per heavy atom. The third-order valence-corrected chi connectivity index (χ3v) is 4.92. The van der Waals surface area contributed by atoms with E-state index in [0.29, 0.717) is 16.6 Å². The second kappa shape index (κ2) is 6.18. The van der Waals surface area contributed by atoms with Crippen molar-refractivity contribution < 1.29 is 14.3 Å². The van der Waals surface area contributed by atoms with Crippen LogP contribution in [0.3, 0.4) is 0 Å². The molecular formula is C18H15N3O3S. The Balaban J connectivity index is 1.57. The summed E-state index contributed by atoms with van der Waals surface area (Å²) in [5.41, 5.74) is 1.52. The minimum atomic E-state index is -0.786. The number of ether oxygens (including phenoxy) is 1. The van der Waals surface area contributed by atoms with Gasteiger partial charge in [-0.1, -0.05) is 35.6 Å². The Labute approximate surface area is 148 Å². The molecule has 0 fully saturated rings. The number of para-hydroxylation sites is 3. The van der Waals surface area contributed by atoms with E-state index in [1.807, 2.05) is 36.4 Å². The highest BCUT2D eigenvalue weighted by atomic mass is 32.1. The van der Waals surface area contributed by atoms with Crippen molar-refractivity contribution in [1.29, 1.82) is 0 Å². The standard InChI is InChI=1S/C18H15N3O3S/c1-11(22)21-10-15(24-14-8-4-3-7-13(14)21)17(23)20-18-19-12-6-2-5-9-16(12)25-18/h2-9,15H,10H2,1H3,(H,19,20,23)/t15-/m1/s1. The van der Waals surface area contributed by atoms with Crippen LogP contribution in [-0.4, -0.2) is 29.4 Å². The molecule has 3 aromatic rings. The first-order chi connectivity index (χ1) is 12.1. The maximum Gasteiger partial charge on any atom is 0.269 e. The van der Waals surface area contributed by atoms with Crippen LogP contribution in [0.2, 0.25) is 0 Å². The van der Waals surface area contributed by atoms with Crippen molar-refractivity contribution in [1.82, 2.24) is 4.98 Å². The minimum absolute atomic E-state index is 0.131. The fourth-order valence-corrected chi connectivity index (χ4v) is 3.65. The number of fused-ring (bicyclic) bond motifs is 2. The molecule has 2 amide bonds. The van der Waals surface area contributed by atoms with Crippen LogP contribution in [0.1, 0.15) is 6.92 Å². The molecule has 126 valence electrons. The van der Waals surface area contributed by atoms with Crippen LogP contribution < -0.4 is 15.0 Å². The van der Waals surface area contributed by atoms with Crippen LogP contribution in [0.5, 0.6) is 5.75 Å². The minimum Gasteiger partial charge on any atom is -0.476 e. The van der Waals surface area contributed by atoms with Gasteiger partial charge in [-0.25, -0.2) is 4.98 Å². The molecule has 0 bridgehead atoms. The number of nitrogens with zero attached hydrogens (tertiary/aromatic N) is 2. The monoisotopic (exact) mass is 353 g/mol. The summed E-state index contributed by atoms with van der Waals surface area (Å²) >= 11 is 1.40. The highest BCUT2D eigenvalue weighted by Gasteiger charge is 2.32. The summed E-state index contributed by atoms with van der Waals surface area (Å²) in [6.07, 6.45) is -0.786. The smallest absolute Gasteiger partial charge is 0.269 e. The van der Waals surface area contributed by atoms with E-state index < -0.39 is 6.10 Å². The van der Waals surface area contributed by atoms with Gasteiger partial charge in [0.05, 0.1) is 22.4 Å². The van der Waals surface area contributed by atoms with Crippen LogP contribution in [0, 0.1) is 0 Å². The summed E-state index contributed by atoms with van der Waals surface area (Å²) < 4.78 is 6.79. The first-order valence-electron chi connectivity index (χ1n) is 7.82. The second-order valence-corrected chi connectivity index (χ2v) is 6.71. The number of nitrogens with one attached hydrogen (secondary N) is 1. The highest BCUT2D eigenvalue weighted by Crippen LogP contribution is 2.33. The molecule has 0 saturated heterocycles. The molecule has 0 saturated carbocycles. The Morgan fingerprint density at radius 1 is 1.20 bits per heavy atom. The number of hydrogen-bond donors (Lipinski definition) is 1. The number of anilines is 2. The number of thiazole rings is 1. The fraction of sp³-hybridized carbons (Fsp3) is 0.167. The van der Waals surface area contributed by atoms with Gasteiger partial charge in [-0.15, -0.1) is 0 Å². The van der Waals surface area contributed by atoms with E-state index in [9.17, 15) is 9.59 Å². The van der Waals surface area contributed by atoms with Crippen molar-refractivity contribution in [3.05, 3.63) is 48.5 Å². The third kappa shape index (κ3) is 2.94. The maximum atomic E-state index is 12.6. The van der Waals surface area contributed by atoms with E-state index in [2.05, 4.69) is 10.3 Å². The Hall–Kier alpha value is -2.93. The van der Waals surface area contributed by atoms with Gasteiger partial charge < -0.3 is 9.64 Å². The molecule has 2 heterocycles. The summed E-state index contributed by atoms with van der Waals surface area (Å²) in [5.74, 6) is 0.0711. The third-order valence-electron chi connectivity index (χ3n) is 3.97. The lowest BCUT2D eigenvalue weighted by Gasteiger charge is -2.33. The van der Waals surface area contributed by atoms with Crippen molar-refractivity contribution in [2.24, 2.45) is 0 Å². The van der Waals surface area contributed by atoms with Gasteiger partial charge in [-0.3, -0.25) is 14.9 Å². The predicted molar refractivity (Wildman–Crippen MR) is 97.1 cm³/mol. The summed E-state index contributed by atoms with van der Waals surface area (Å²) in [6.45, 7) is 1.65. The fourth-order valence-electron chi connectivity index (χ4n) is 2.78. The quantitative estimate of drug-likeness (QED) is 0.769. The molecule has 0 spiro atoms. The number of hydrogen-bond acceptors (Lipinski definition) is 5. The van der Waals surface area contributed by atoms with Crippen LogP contribution >= 0.6 is 11.3 Å². The van der Waals surface area contributed by atoms with Crippen molar-refractivity contribution in [3.8, 4) is 5.75 Å². The van der Waals surface area contributed by atoms with Gasteiger partial charge in [-0.2, -0.15) is 0 Å². The molecule has 4 rings (SSSR count). The molecule has 25 heavy (non-hydrogen) atoms. The van der Waals surface area contributed by atoms with Gasteiger partial charge in [0, 0.05) is 6.92 Å². The molecule has 1 atom stereocenters. The molecule has 1 N–H and O–H groups in total. The van der Waals surface area contributed by atoms with E-state index in [1.54, 1.807) is 17.0 Å². The van der Waals surface area contributed by atoms with Gasteiger partial charge in [0.2, 0.25) is 5.91 Å². The first kappa shape index (κ1) is 15.6.